The summed E-state index contributed by atoms with van der Waals surface area (Å²) in [6.07, 6.45) is 5.96. The second kappa shape index (κ2) is 5.55. The maximum absolute atomic E-state index is 4.14. The molecule has 0 unspecified atom stereocenters. The predicted molar refractivity (Wildman–Crippen MR) is 60.1 cm³/mol. The normalized spacial score (nSPS) is 9.93. The topological polar surface area (TPSA) is 24.9 Å². The van der Waals surface area contributed by atoms with Crippen LogP contribution in [0.4, 0.5) is 0 Å². The van der Waals surface area contributed by atoms with Crippen molar-refractivity contribution < 1.29 is 0 Å². The first-order valence-corrected chi connectivity index (χ1v) is 4.93. The summed E-state index contributed by atoms with van der Waals surface area (Å²) in [4.78, 5) is 4.14. The molecule has 0 aliphatic heterocycles. The summed E-state index contributed by atoms with van der Waals surface area (Å²) < 4.78 is 0. The second-order valence-electron chi connectivity index (χ2n) is 3.78. The van der Waals surface area contributed by atoms with Crippen molar-refractivity contribution in [3.8, 4) is 0 Å². The molecule has 0 aliphatic rings. The molecule has 0 spiro atoms. The monoisotopic (exact) mass is 190 g/mol. The van der Waals surface area contributed by atoms with Gasteiger partial charge >= 0.3 is 0 Å². The first-order valence-electron chi connectivity index (χ1n) is 4.93. The fraction of sp³-hybridized carbons (Fsp3) is 0.417. The molecule has 0 saturated carbocycles. The van der Waals surface area contributed by atoms with Gasteiger partial charge in [-0.3, -0.25) is 4.98 Å². The van der Waals surface area contributed by atoms with E-state index >= 15 is 0 Å². The smallest absolute Gasteiger partial charge is 0.0313 e. The second-order valence-corrected chi connectivity index (χ2v) is 3.78. The van der Waals surface area contributed by atoms with E-state index in [4.69, 9.17) is 0 Å². The Kier molecular flexibility index (Phi) is 4.33. The Balaban J connectivity index is 2.35. The van der Waals surface area contributed by atoms with Crippen molar-refractivity contribution in [1.82, 2.24) is 10.3 Å². The summed E-state index contributed by atoms with van der Waals surface area (Å²) in [5, 5.41) is 3.34. The van der Waals surface area contributed by atoms with Crippen molar-refractivity contribution in [2.75, 3.05) is 6.54 Å². The highest BCUT2D eigenvalue weighted by Crippen LogP contribution is 2.00. The lowest BCUT2D eigenvalue weighted by Crippen LogP contribution is -2.13. The summed E-state index contributed by atoms with van der Waals surface area (Å²) in [6.45, 7) is 8.09. The Labute approximate surface area is 86.1 Å². The van der Waals surface area contributed by atoms with Crippen molar-refractivity contribution in [3.63, 3.8) is 0 Å². The Morgan fingerprint density at radius 3 is 2.86 bits per heavy atom. The molecule has 1 N–H and O–H groups in total. The zero-order chi connectivity index (χ0) is 10.4. The molecule has 0 radical (unpaired) electrons. The van der Waals surface area contributed by atoms with Gasteiger partial charge in [0, 0.05) is 25.5 Å². The van der Waals surface area contributed by atoms with Crippen LogP contribution in [0.5, 0.6) is 0 Å². The third kappa shape index (κ3) is 4.19. The number of allylic oxidation sites excluding steroid dienone is 1. The first-order chi connectivity index (χ1) is 6.68. The molecule has 0 aromatic carbocycles. The highest BCUT2D eigenvalue weighted by atomic mass is 14.8. The molecule has 2 nitrogen and oxygen atoms in total. The van der Waals surface area contributed by atoms with Gasteiger partial charge in [-0.05, 0) is 31.9 Å². The van der Waals surface area contributed by atoms with Crippen molar-refractivity contribution in [2.45, 2.75) is 27.3 Å². The van der Waals surface area contributed by atoms with Gasteiger partial charge in [0.25, 0.3) is 0 Å². The van der Waals surface area contributed by atoms with Crippen LogP contribution < -0.4 is 5.32 Å². The zero-order valence-corrected chi connectivity index (χ0v) is 9.17. The van der Waals surface area contributed by atoms with Gasteiger partial charge in [0.1, 0.15) is 0 Å². The third-order valence-corrected chi connectivity index (χ3v) is 1.92. The standard InChI is InChI=1S/C12H18N2/c1-10(2)4-5-13-8-12-6-11(3)7-14-9-12/h4,6-7,9,13H,5,8H2,1-3H3. The van der Waals surface area contributed by atoms with E-state index in [1.54, 1.807) is 0 Å². The minimum atomic E-state index is 0.887. The molecule has 1 rings (SSSR count). The van der Waals surface area contributed by atoms with Gasteiger partial charge in [0.15, 0.2) is 0 Å². The molecule has 76 valence electrons. The van der Waals surface area contributed by atoms with Crippen LogP contribution in [-0.4, -0.2) is 11.5 Å². The Bertz CT molecular complexity index is 312. The lowest BCUT2D eigenvalue weighted by Gasteiger charge is -2.02. The van der Waals surface area contributed by atoms with Gasteiger partial charge in [0.05, 0.1) is 0 Å². The van der Waals surface area contributed by atoms with Crippen LogP contribution in [0, 0.1) is 6.92 Å². The Hall–Kier alpha value is -1.15. The molecule has 2 heteroatoms. The molecule has 0 atom stereocenters. The average Bonchev–Trinajstić information content (AvgIpc) is 2.12. The number of nitrogens with zero attached hydrogens (tertiary/aromatic N) is 1. The quantitative estimate of drug-likeness (QED) is 0.582. The summed E-state index contributed by atoms with van der Waals surface area (Å²) in [5.41, 5.74) is 3.80. The van der Waals surface area contributed by atoms with E-state index in [2.05, 4.69) is 43.2 Å². The van der Waals surface area contributed by atoms with Crippen LogP contribution in [0.15, 0.2) is 30.1 Å². The molecule has 0 aliphatic carbocycles. The van der Waals surface area contributed by atoms with Crippen molar-refractivity contribution >= 4 is 0 Å². The molecule has 14 heavy (non-hydrogen) atoms. The van der Waals surface area contributed by atoms with Crippen molar-refractivity contribution in [1.29, 1.82) is 0 Å². The largest absolute Gasteiger partial charge is 0.309 e. The van der Waals surface area contributed by atoms with Gasteiger partial charge in [-0.15, -0.1) is 0 Å². The van der Waals surface area contributed by atoms with Crippen LogP contribution in [0.25, 0.3) is 0 Å². The molecule has 0 saturated heterocycles. The minimum absolute atomic E-state index is 0.887. The number of hydrogen-bond donors (Lipinski definition) is 1. The summed E-state index contributed by atoms with van der Waals surface area (Å²) in [7, 11) is 0. The summed E-state index contributed by atoms with van der Waals surface area (Å²) in [6, 6.07) is 2.16. The van der Waals surface area contributed by atoms with E-state index in [-0.39, 0.29) is 0 Å². The van der Waals surface area contributed by atoms with Crippen LogP contribution in [0.3, 0.4) is 0 Å². The fourth-order valence-electron chi connectivity index (χ4n) is 1.21. The highest BCUT2D eigenvalue weighted by molar-refractivity contribution is 5.16. The predicted octanol–water partition coefficient (Wildman–Crippen LogP) is 2.45. The molecular weight excluding hydrogens is 172 g/mol. The van der Waals surface area contributed by atoms with Crippen molar-refractivity contribution in [2.24, 2.45) is 0 Å². The zero-order valence-electron chi connectivity index (χ0n) is 9.17. The van der Waals surface area contributed by atoms with Crippen molar-refractivity contribution in [3.05, 3.63) is 41.2 Å². The fourth-order valence-corrected chi connectivity index (χ4v) is 1.21. The molecule has 0 fully saturated rings. The van der Waals surface area contributed by atoms with Crippen LogP contribution in [-0.2, 0) is 6.54 Å². The lowest BCUT2D eigenvalue weighted by atomic mass is 10.2. The van der Waals surface area contributed by atoms with E-state index in [0.717, 1.165) is 13.1 Å². The average molecular weight is 190 g/mol. The first kappa shape index (κ1) is 10.9. The van der Waals surface area contributed by atoms with Gasteiger partial charge in [-0.1, -0.05) is 17.7 Å². The van der Waals surface area contributed by atoms with Crippen LogP contribution >= 0.6 is 0 Å². The molecular formula is C12H18N2. The number of pyridine rings is 1. The number of aryl methyl sites for hydroxylation is 1. The Morgan fingerprint density at radius 2 is 2.21 bits per heavy atom. The molecule has 0 bridgehead atoms. The van der Waals surface area contributed by atoms with Crippen LogP contribution in [0.1, 0.15) is 25.0 Å². The van der Waals surface area contributed by atoms with E-state index < -0.39 is 0 Å². The van der Waals surface area contributed by atoms with E-state index in [1.807, 2.05) is 12.4 Å². The third-order valence-electron chi connectivity index (χ3n) is 1.92. The summed E-state index contributed by atoms with van der Waals surface area (Å²) in [5.74, 6) is 0. The lowest BCUT2D eigenvalue weighted by molar-refractivity contribution is 0.753. The van der Waals surface area contributed by atoms with E-state index in [9.17, 15) is 0 Å². The molecule has 1 aromatic rings. The maximum Gasteiger partial charge on any atom is 0.0313 e. The number of aromatic nitrogens is 1. The maximum atomic E-state index is 4.14. The van der Waals surface area contributed by atoms with E-state index in [0.29, 0.717) is 0 Å². The molecule has 1 heterocycles. The van der Waals surface area contributed by atoms with Gasteiger partial charge < -0.3 is 5.32 Å². The van der Waals surface area contributed by atoms with Gasteiger partial charge in [0.2, 0.25) is 0 Å². The van der Waals surface area contributed by atoms with Gasteiger partial charge in [-0.25, -0.2) is 0 Å². The molecule has 1 aromatic heterocycles. The van der Waals surface area contributed by atoms with E-state index in [1.165, 1.54) is 16.7 Å². The number of rotatable bonds is 4. The van der Waals surface area contributed by atoms with Crippen LogP contribution in [0.2, 0.25) is 0 Å². The number of hydrogen-bond acceptors (Lipinski definition) is 2. The van der Waals surface area contributed by atoms with Gasteiger partial charge in [-0.2, -0.15) is 0 Å². The summed E-state index contributed by atoms with van der Waals surface area (Å²) >= 11 is 0. The molecule has 0 amide bonds. The Morgan fingerprint density at radius 1 is 1.43 bits per heavy atom. The SMILES string of the molecule is CC(C)=CCNCc1cncc(C)c1. The minimum Gasteiger partial charge on any atom is -0.309 e. The highest BCUT2D eigenvalue weighted by Gasteiger charge is 1.92. The number of nitrogens with one attached hydrogen (secondary N) is 1.